The quantitative estimate of drug-likeness (QED) is 0.767. The molecule has 0 N–H and O–H groups in total. The first-order chi connectivity index (χ1) is 9.02. The van der Waals surface area contributed by atoms with Crippen molar-refractivity contribution in [3.8, 4) is 0 Å². The topological polar surface area (TPSA) is 33.2 Å². The molecule has 3 nitrogen and oxygen atoms in total. The van der Waals surface area contributed by atoms with Crippen molar-refractivity contribution < 1.29 is 4.79 Å². The van der Waals surface area contributed by atoms with E-state index in [1.807, 2.05) is 0 Å². The third-order valence-corrected chi connectivity index (χ3v) is 4.63. The standard InChI is InChI=1S/C15H24N2OS/c1-15(2,3)13-12(11-18)19-14(16-13)17-9-7-5-4-6-8-10-17/h11H,4-10H2,1-3H3. The lowest BCUT2D eigenvalue weighted by Crippen LogP contribution is -2.27. The molecule has 1 saturated heterocycles. The van der Waals surface area contributed by atoms with Crippen molar-refractivity contribution in [1.29, 1.82) is 0 Å². The van der Waals surface area contributed by atoms with Gasteiger partial charge in [-0.2, -0.15) is 0 Å². The second kappa shape index (κ2) is 6.04. The van der Waals surface area contributed by atoms with E-state index >= 15 is 0 Å². The molecule has 106 valence electrons. The lowest BCUT2D eigenvalue weighted by atomic mass is 9.91. The minimum absolute atomic E-state index is 0.0618. The predicted molar refractivity (Wildman–Crippen MR) is 81.5 cm³/mol. The Morgan fingerprint density at radius 3 is 2.16 bits per heavy atom. The molecular weight excluding hydrogens is 256 g/mol. The molecule has 1 aromatic rings. The molecule has 1 aromatic heterocycles. The molecule has 19 heavy (non-hydrogen) atoms. The zero-order valence-corrected chi connectivity index (χ0v) is 13.1. The van der Waals surface area contributed by atoms with Crippen molar-refractivity contribution in [2.45, 2.75) is 58.3 Å². The van der Waals surface area contributed by atoms with Gasteiger partial charge in [0.1, 0.15) is 0 Å². The van der Waals surface area contributed by atoms with Crippen molar-refractivity contribution in [2.75, 3.05) is 18.0 Å². The second-order valence-electron chi connectivity index (χ2n) is 6.33. The van der Waals surface area contributed by atoms with E-state index in [0.717, 1.165) is 35.1 Å². The fraction of sp³-hybridized carbons (Fsp3) is 0.733. The molecule has 2 heterocycles. The zero-order valence-electron chi connectivity index (χ0n) is 12.2. The molecule has 0 saturated carbocycles. The predicted octanol–water partition coefficient (Wildman–Crippen LogP) is 4.02. The van der Waals surface area contributed by atoms with E-state index < -0.39 is 0 Å². The van der Waals surface area contributed by atoms with Gasteiger partial charge in [-0.1, -0.05) is 51.4 Å². The Morgan fingerprint density at radius 2 is 1.68 bits per heavy atom. The molecule has 2 rings (SSSR count). The van der Waals surface area contributed by atoms with Gasteiger partial charge in [-0.3, -0.25) is 4.79 Å². The van der Waals surface area contributed by atoms with Crippen LogP contribution in [0.2, 0.25) is 0 Å². The van der Waals surface area contributed by atoms with Crippen LogP contribution in [-0.2, 0) is 5.41 Å². The van der Waals surface area contributed by atoms with Crippen LogP contribution in [0, 0.1) is 0 Å². The zero-order chi connectivity index (χ0) is 13.9. The van der Waals surface area contributed by atoms with Crippen molar-refractivity contribution in [1.82, 2.24) is 4.98 Å². The highest BCUT2D eigenvalue weighted by molar-refractivity contribution is 7.17. The van der Waals surface area contributed by atoms with Gasteiger partial charge < -0.3 is 4.90 Å². The van der Waals surface area contributed by atoms with E-state index in [0.29, 0.717) is 0 Å². The Labute approximate surface area is 120 Å². The normalized spacial score (nSPS) is 17.9. The molecule has 0 aliphatic carbocycles. The van der Waals surface area contributed by atoms with Gasteiger partial charge in [0.05, 0.1) is 10.6 Å². The van der Waals surface area contributed by atoms with Gasteiger partial charge in [-0.15, -0.1) is 0 Å². The van der Waals surface area contributed by atoms with E-state index in [2.05, 4.69) is 25.7 Å². The fourth-order valence-corrected chi connectivity index (χ4v) is 3.65. The second-order valence-corrected chi connectivity index (χ2v) is 7.34. The largest absolute Gasteiger partial charge is 0.348 e. The molecule has 0 bridgehead atoms. The molecule has 0 amide bonds. The number of thiazole rings is 1. The highest BCUT2D eigenvalue weighted by Crippen LogP contribution is 2.33. The number of hydrogen-bond acceptors (Lipinski definition) is 4. The summed E-state index contributed by atoms with van der Waals surface area (Å²) in [5.74, 6) is 0. The number of aldehydes is 1. The lowest BCUT2D eigenvalue weighted by Gasteiger charge is -2.24. The van der Waals surface area contributed by atoms with Gasteiger partial charge >= 0.3 is 0 Å². The van der Waals surface area contributed by atoms with E-state index in [9.17, 15) is 4.79 Å². The van der Waals surface area contributed by atoms with Gasteiger partial charge in [0, 0.05) is 18.5 Å². The molecule has 0 spiro atoms. The Hall–Kier alpha value is -0.900. The van der Waals surface area contributed by atoms with Gasteiger partial charge in [0.15, 0.2) is 11.4 Å². The molecule has 0 atom stereocenters. The first kappa shape index (κ1) is 14.5. The molecular formula is C15H24N2OS. The van der Waals surface area contributed by atoms with Gasteiger partial charge in [0.2, 0.25) is 0 Å². The summed E-state index contributed by atoms with van der Waals surface area (Å²) in [6.07, 6.45) is 7.43. The number of hydrogen-bond donors (Lipinski definition) is 0. The summed E-state index contributed by atoms with van der Waals surface area (Å²) in [5.41, 5.74) is 0.887. The molecule has 0 radical (unpaired) electrons. The molecule has 0 aromatic carbocycles. The average molecular weight is 280 g/mol. The molecule has 1 fully saturated rings. The monoisotopic (exact) mass is 280 g/mol. The van der Waals surface area contributed by atoms with Crippen LogP contribution in [0.4, 0.5) is 5.13 Å². The summed E-state index contributed by atoms with van der Waals surface area (Å²) in [4.78, 5) is 19.2. The number of nitrogens with zero attached hydrogens (tertiary/aromatic N) is 2. The first-order valence-electron chi connectivity index (χ1n) is 7.24. The maximum Gasteiger partial charge on any atom is 0.186 e. The third-order valence-electron chi connectivity index (χ3n) is 3.59. The summed E-state index contributed by atoms with van der Waals surface area (Å²) < 4.78 is 0. The average Bonchev–Trinajstić information content (AvgIpc) is 2.72. The summed E-state index contributed by atoms with van der Waals surface area (Å²) in [6, 6.07) is 0. The van der Waals surface area contributed by atoms with Crippen molar-refractivity contribution >= 4 is 22.8 Å². The van der Waals surface area contributed by atoms with Gasteiger partial charge in [-0.05, 0) is 12.8 Å². The van der Waals surface area contributed by atoms with Crippen LogP contribution >= 0.6 is 11.3 Å². The Morgan fingerprint density at radius 1 is 1.11 bits per heavy atom. The Bertz CT molecular complexity index is 426. The van der Waals surface area contributed by atoms with Crippen LogP contribution in [0.25, 0.3) is 0 Å². The van der Waals surface area contributed by atoms with E-state index in [1.54, 1.807) is 11.3 Å². The summed E-state index contributed by atoms with van der Waals surface area (Å²) in [6.45, 7) is 8.51. The summed E-state index contributed by atoms with van der Waals surface area (Å²) >= 11 is 1.56. The summed E-state index contributed by atoms with van der Waals surface area (Å²) in [7, 11) is 0. The maximum atomic E-state index is 11.2. The highest BCUT2D eigenvalue weighted by Gasteiger charge is 2.25. The van der Waals surface area contributed by atoms with E-state index in [4.69, 9.17) is 4.98 Å². The van der Waals surface area contributed by atoms with E-state index in [-0.39, 0.29) is 5.41 Å². The molecule has 4 heteroatoms. The minimum Gasteiger partial charge on any atom is -0.348 e. The Balaban J connectivity index is 2.24. The maximum absolute atomic E-state index is 11.2. The van der Waals surface area contributed by atoms with Crippen LogP contribution in [0.15, 0.2) is 0 Å². The SMILES string of the molecule is CC(C)(C)c1nc(N2CCCCCCC2)sc1C=O. The molecule has 1 aliphatic rings. The van der Waals surface area contributed by atoms with Gasteiger partial charge in [-0.25, -0.2) is 4.98 Å². The smallest absolute Gasteiger partial charge is 0.186 e. The van der Waals surface area contributed by atoms with Gasteiger partial charge in [0.25, 0.3) is 0 Å². The number of carbonyl (C=O) groups excluding carboxylic acids is 1. The first-order valence-corrected chi connectivity index (χ1v) is 8.05. The van der Waals surface area contributed by atoms with E-state index in [1.165, 1.54) is 32.1 Å². The number of anilines is 1. The number of rotatable bonds is 2. The van der Waals surface area contributed by atoms with Crippen LogP contribution in [-0.4, -0.2) is 24.4 Å². The Kier molecular flexibility index (Phi) is 4.61. The number of carbonyl (C=O) groups is 1. The van der Waals surface area contributed by atoms with Crippen molar-refractivity contribution in [2.24, 2.45) is 0 Å². The highest BCUT2D eigenvalue weighted by atomic mass is 32.1. The third kappa shape index (κ3) is 3.56. The van der Waals surface area contributed by atoms with Crippen LogP contribution in [0.5, 0.6) is 0 Å². The molecule has 1 aliphatic heterocycles. The number of aromatic nitrogens is 1. The van der Waals surface area contributed by atoms with Crippen LogP contribution in [0.1, 0.15) is 68.2 Å². The summed E-state index contributed by atoms with van der Waals surface area (Å²) in [5, 5.41) is 1.04. The lowest BCUT2D eigenvalue weighted by molar-refractivity contribution is 0.112. The van der Waals surface area contributed by atoms with Crippen molar-refractivity contribution in [3.63, 3.8) is 0 Å². The fourth-order valence-electron chi connectivity index (χ4n) is 2.51. The minimum atomic E-state index is -0.0618. The van der Waals surface area contributed by atoms with Crippen molar-refractivity contribution in [3.05, 3.63) is 10.6 Å². The molecule has 0 unspecified atom stereocenters. The van der Waals surface area contributed by atoms with Crippen LogP contribution < -0.4 is 4.90 Å². The van der Waals surface area contributed by atoms with Crippen LogP contribution in [0.3, 0.4) is 0 Å².